The zero-order valence-electron chi connectivity index (χ0n) is 8.88. The average Bonchev–Trinajstić information content (AvgIpc) is 2.48. The maximum absolute atomic E-state index is 10.2. The van der Waals surface area contributed by atoms with Gasteiger partial charge >= 0.3 is 0 Å². The van der Waals surface area contributed by atoms with Gasteiger partial charge < -0.3 is 5.11 Å². The molecule has 0 saturated heterocycles. The average molecular weight is 233 g/mol. The molecule has 1 heterocycles. The molecule has 1 nitrogen and oxygen atoms in total. The highest BCUT2D eigenvalue weighted by molar-refractivity contribution is 7.16. The molecule has 1 aromatic rings. The minimum atomic E-state index is -0.622. The Kier molecular flexibility index (Phi) is 3.99. The Morgan fingerprint density at radius 2 is 2.21 bits per heavy atom. The van der Waals surface area contributed by atoms with E-state index in [1.54, 1.807) is 11.3 Å². The Morgan fingerprint density at radius 3 is 2.64 bits per heavy atom. The summed E-state index contributed by atoms with van der Waals surface area (Å²) in [5.74, 6) is 0.309. The predicted octanol–water partition coefficient (Wildman–Crippen LogP) is 3.74. The molecular weight excluding hydrogens is 216 g/mol. The van der Waals surface area contributed by atoms with E-state index >= 15 is 0 Å². The highest BCUT2D eigenvalue weighted by Gasteiger charge is 2.27. The molecule has 2 unspecified atom stereocenters. The fourth-order valence-electron chi connectivity index (χ4n) is 1.41. The van der Waals surface area contributed by atoms with Crippen LogP contribution >= 0.6 is 22.9 Å². The van der Waals surface area contributed by atoms with E-state index in [9.17, 15) is 5.11 Å². The van der Waals surface area contributed by atoms with Crippen LogP contribution in [0.1, 0.15) is 32.1 Å². The molecule has 0 aromatic carbocycles. The summed E-state index contributed by atoms with van der Waals surface area (Å²) in [6.45, 7) is 6.07. The first-order valence-electron chi connectivity index (χ1n) is 4.92. The summed E-state index contributed by atoms with van der Waals surface area (Å²) in [5.41, 5.74) is -0.622. The van der Waals surface area contributed by atoms with Crippen molar-refractivity contribution < 1.29 is 5.11 Å². The van der Waals surface area contributed by atoms with Crippen molar-refractivity contribution in [2.24, 2.45) is 5.92 Å². The van der Waals surface area contributed by atoms with Crippen LogP contribution in [0.2, 0.25) is 4.34 Å². The first-order valence-corrected chi connectivity index (χ1v) is 6.11. The molecule has 2 atom stereocenters. The summed E-state index contributed by atoms with van der Waals surface area (Å²) in [6.07, 6.45) is 1.69. The zero-order valence-corrected chi connectivity index (χ0v) is 10.5. The van der Waals surface area contributed by atoms with Crippen molar-refractivity contribution in [3.05, 3.63) is 21.3 Å². The lowest BCUT2D eigenvalue weighted by Gasteiger charge is -2.29. The molecule has 1 rings (SSSR count). The van der Waals surface area contributed by atoms with Crippen molar-refractivity contribution in [2.75, 3.05) is 0 Å². The van der Waals surface area contributed by atoms with Gasteiger partial charge in [-0.25, -0.2) is 0 Å². The lowest BCUT2D eigenvalue weighted by atomic mass is 9.85. The van der Waals surface area contributed by atoms with Crippen LogP contribution in [0.3, 0.4) is 0 Å². The summed E-state index contributed by atoms with van der Waals surface area (Å²) in [5, 5.41) is 10.2. The van der Waals surface area contributed by atoms with Crippen LogP contribution in [0.4, 0.5) is 0 Å². The molecule has 1 N–H and O–H groups in total. The number of thiophene rings is 1. The Labute approximate surface area is 94.7 Å². The van der Waals surface area contributed by atoms with Crippen molar-refractivity contribution in [3.63, 3.8) is 0 Å². The van der Waals surface area contributed by atoms with E-state index in [1.165, 1.54) is 0 Å². The zero-order chi connectivity index (χ0) is 10.8. The highest BCUT2D eigenvalue weighted by Crippen LogP contribution is 2.29. The van der Waals surface area contributed by atoms with E-state index in [2.05, 4.69) is 13.8 Å². The largest absolute Gasteiger partial charge is 0.390 e. The van der Waals surface area contributed by atoms with Gasteiger partial charge in [0, 0.05) is 11.3 Å². The van der Waals surface area contributed by atoms with Gasteiger partial charge in [0.25, 0.3) is 0 Å². The molecule has 0 bridgehead atoms. The fourth-order valence-corrected chi connectivity index (χ4v) is 2.66. The monoisotopic (exact) mass is 232 g/mol. The molecule has 0 aliphatic carbocycles. The Hall–Kier alpha value is -0.0500. The Balaban J connectivity index is 2.67. The Bertz CT molecular complexity index is 293. The van der Waals surface area contributed by atoms with Crippen LogP contribution in [-0.2, 0) is 6.42 Å². The second kappa shape index (κ2) is 4.65. The quantitative estimate of drug-likeness (QED) is 0.839. The van der Waals surface area contributed by atoms with Crippen LogP contribution in [0.5, 0.6) is 0 Å². The van der Waals surface area contributed by atoms with Gasteiger partial charge in [-0.3, -0.25) is 0 Å². The Morgan fingerprint density at radius 1 is 1.57 bits per heavy atom. The van der Waals surface area contributed by atoms with Gasteiger partial charge in [-0.15, -0.1) is 11.3 Å². The van der Waals surface area contributed by atoms with Crippen molar-refractivity contribution in [1.29, 1.82) is 0 Å². The molecule has 3 heteroatoms. The standard InChI is InChI=1S/C11H17ClOS/c1-4-8(2)11(3,13)7-9-5-6-10(12)14-9/h5-6,8,13H,4,7H2,1-3H3. The second-order valence-corrected chi connectivity index (χ2v) is 5.85. The van der Waals surface area contributed by atoms with Gasteiger partial charge in [-0.05, 0) is 25.0 Å². The minimum Gasteiger partial charge on any atom is -0.390 e. The van der Waals surface area contributed by atoms with E-state index < -0.39 is 5.60 Å². The maximum atomic E-state index is 10.2. The van der Waals surface area contributed by atoms with Crippen LogP contribution < -0.4 is 0 Å². The molecule has 80 valence electrons. The van der Waals surface area contributed by atoms with Crippen LogP contribution in [0.15, 0.2) is 12.1 Å². The third-order valence-corrected chi connectivity index (χ3v) is 4.07. The van der Waals surface area contributed by atoms with Gasteiger partial charge in [0.2, 0.25) is 0 Å². The van der Waals surface area contributed by atoms with Crippen molar-refractivity contribution in [1.82, 2.24) is 0 Å². The van der Waals surface area contributed by atoms with E-state index in [0.29, 0.717) is 12.3 Å². The maximum Gasteiger partial charge on any atom is 0.0931 e. The minimum absolute atomic E-state index is 0.309. The topological polar surface area (TPSA) is 20.2 Å². The molecule has 1 aromatic heterocycles. The van der Waals surface area contributed by atoms with Gasteiger partial charge in [0.05, 0.1) is 9.94 Å². The molecule has 0 radical (unpaired) electrons. The first kappa shape index (κ1) is 12.0. The van der Waals surface area contributed by atoms with Crippen LogP contribution in [-0.4, -0.2) is 10.7 Å². The van der Waals surface area contributed by atoms with Gasteiger partial charge in [0.15, 0.2) is 0 Å². The summed E-state index contributed by atoms with van der Waals surface area (Å²) in [7, 11) is 0. The van der Waals surface area contributed by atoms with Crippen LogP contribution in [0, 0.1) is 5.92 Å². The van der Waals surface area contributed by atoms with Gasteiger partial charge in [-0.2, -0.15) is 0 Å². The number of halogens is 1. The summed E-state index contributed by atoms with van der Waals surface area (Å²) >= 11 is 7.39. The van der Waals surface area contributed by atoms with E-state index in [4.69, 9.17) is 11.6 Å². The fraction of sp³-hybridized carbons (Fsp3) is 0.636. The third kappa shape index (κ3) is 2.97. The van der Waals surface area contributed by atoms with Gasteiger partial charge in [0.1, 0.15) is 0 Å². The van der Waals surface area contributed by atoms with Crippen molar-refractivity contribution in [3.8, 4) is 0 Å². The molecule has 14 heavy (non-hydrogen) atoms. The number of hydrogen-bond acceptors (Lipinski definition) is 2. The number of aliphatic hydroxyl groups is 1. The summed E-state index contributed by atoms with van der Waals surface area (Å²) in [4.78, 5) is 1.15. The molecule has 0 fully saturated rings. The number of hydrogen-bond donors (Lipinski definition) is 1. The lowest BCUT2D eigenvalue weighted by molar-refractivity contribution is 0.00588. The summed E-state index contributed by atoms with van der Waals surface area (Å²) < 4.78 is 0.792. The first-order chi connectivity index (χ1) is 6.45. The number of rotatable bonds is 4. The molecule has 0 aliphatic heterocycles. The smallest absolute Gasteiger partial charge is 0.0931 e. The van der Waals surface area contributed by atoms with E-state index in [-0.39, 0.29) is 0 Å². The highest BCUT2D eigenvalue weighted by atomic mass is 35.5. The molecule has 0 saturated carbocycles. The molecule has 0 aliphatic rings. The molecule has 0 amide bonds. The predicted molar refractivity (Wildman–Crippen MR) is 63.1 cm³/mol. The molecule has 0 spiro atoms. The van der Waals surface area contributed by atoms with Gasteiger partial charge in [-0.1, -0.05) is 31.9 Å². The van der Waals surface area contributed by atoms with Crippen molar-refractivity contribution >= 4 is 22.9 Å². The van der Waals surface area contributed by atoms with E-state index in [1.807, 2.05) is 19.1 Å². The lowest BCUT2D eigenvalue weighted by Crippen LogP contribution is -2.34. The third-order valence-electron chi connectivity index (χ3n) is 2.84. The molecular formula is C11H17ClOS. The van der Waals surface area contributed by atoms with E-state index in [0.717, 1.165) is 15.6 Å². The second-order valence-electron chi connectivity index (χ2n) is 4.05. The van der Waals surface area contributed by atoms with Crippen molar-refractivity contribution in [2.45, 2.75) is 39.2 Å². The summed E-state index contributed by atoms with van der Waals surface area (Å²) in [6, 6.07) is 3.87. The normalized spacial score (nSPS) is 17.8. The SMILES string of the molecule is CCC(C)C(C)(O)Cc1ccc(Cl)s1. The van der Waals surface area contributed by atoms with Crippen LogP contribution in [0.25, 0.3) is 0 Å².